The molecule has 1 aliphatic rings. The molecule has 1 fully saturated rings. The largest absolute Gasteiger partial charge is 0.483 e. The van der Waals surface area contributed by atoms with Gasteiger partial charge in [-0.25, -0.2) is 22.0 Å². The predicted molar refractivity (Wildman–Crippen MR) is 144 cm³/mol. The summed E-state index contributed by atoms with van der Waals surface area (Å²) in [7, 11) is 0. The van der Waals surface area contributed by atoms with E-state index in [-0.39, 0.29) is 28.9 Å². The maximum absolute atomic E-state index is 14.9. The van der Waals surface area contributed by atoms with Crippen LogP contribution in [-0.2, 0) is 16.1 Å². The van der Waals surface area contributed by atoms with Gasteiger partial charge in [-0.1, -0.05) is 66.7 Å². The van der Waals surface area contributed by atoms with E-state index in [1.54, 1.807) is 36.4 Å². The van der Waals surface area contributed by atoms with Gasteiger partial charge < -0.3 is 14.2 Å². The van der Waals surface area contributed by atoms with Crippen molar-refractivity contribution in [2.24, 2.45) is 0 Å². The van der Waals surface area contributed by atoms with Crippen molar-refractivity contribution in [3.05, 3.63) is 137 Å². The summed E-state index contributed by atoms with van der Waals surface area (Å²) in [5.74, 6) is -6.23. The summed E-state index contributed by atoms with van der Waals surface area (Å²) in [6, 6.07) is 24.4. The van der Waals surface area contributed by atoms with Gasteiger partial charge in [0.05, 0.1) is 13.2 Å². The molecule has 6 rings (SSSR count). The quantitative estimate of drug-likeness (QED) is 0.153. The highest BCUT2D eigenvalue weighted by Crippen LogP contribution is 2.34. The first-order valence-electron chi connectivity index (χ1n) is 12.9. The van der Waals surface area contributed by atoms with Crippen molar-refractivity contribution in [3.8, 4) is 16.9 Å². The highest BCUT2D eigenvalue weighted by Gasteiger charge is 2.27. The molecule has 1 saturated heterocycles. The summed E-state index contributed by atoms with van der Waals surface area (Å²) in [4.78, 5) is 0. The summed E-state index contributed by atoms with van der Waals surface area (Å²) >= 11 is 0. The average Bonchev–Trinajstić information content (AvgIpc) is 3.00. The van der Waals surface area contributed by atoms with Crippen molar-refractivity contribution >= 4 is 10.8 Å². The molecule has 5 aromatic rings. The number of hydrogen-bond donors (Lipinski definition) is 0. The van der Waals surface area contributed by atoms with Gasteiger partial charge in [0.25, 0.3) is 0 Å². The topological polar surface area (TPSA) is 27.7 Å². The molecule has 0 bridgehead atoms. The number of fused-ring (bicyclic) bond motifs is 1. The lowest BCUT2D eigenvalue weighted by atomic mass is 10.00. The molecule has 0 spiro atoms. The van der Waals surface area contributed by atoms with Crippen LogP contribution in [0.25, 0.3) is 21.9 Å². The molecule has 0 saturated carbocycles. The molecule has 0 aliphatic carbocycles. The number of rotatable bonds is 6. The van der Waals surface area contributed by atoms with E-state index in [1.807, 2.05) is 30.3 Å². The van der Waals surface area contributed by atoms with Crippen molar-refractivity contribution in [3.63, 3.8) is 0 Å². The monoisotopic (exact) mass is 562 g/mol. The Balaban J connectivity index is 1.11. The molecule has 0 aromatic heterocycles. The van der Waals surface area contributed by atoms with Crippen LogP contribution in [0.15, 0.2) is 91.0 Å². The van der Waals surface area contributed by atoms with Gasteiger partial charge in [-0.15, -0.1) is 0 Å². The number of halogens is 5. The fraction of sp³-hybridized carbons (Fsp3) is 0.152. The Kier molecular flexibility index (Phi) is 7.43. The second-order valence-electron chi connectivity index (χ2n) is 9.83. The van der Waals surface area contributed by atoms with Crippen molar-refractivity contribution in [1.29, 1.82) is 0 Å². The van der Waals surface area contributed by atoms with Gasteiger partial charge in [-0.2, -0.15) is 0 Å². The van der Waals surface area contributed by atoms with Gasteiger partial charge in [-0.05, 0) is 51.9 Å². The van der Waals surface area contributed by atoms with Crippen molar-refractivity contribution < 1.29 is 36.2 Å². The number of benzene rings is 5. The van der Waals surface area contributed by atoms with E-state index < -0.39 is 41.1 Å². The van der Waals surface area contributed by atoms with Crippen molar-refractivity contribution in [1.82, 2.24) is 0 Å². The van der Waals surface area contributed by atoms with Crippen LogP contribution in [0.3, 0.4) is 0 Å². The zero-order valence-corrected chi connectivity index (χ0v) is 21.6. The molecule has 3 nitrogen and oxygen atoms in total. The van der Waals surface area contributed by atoms with Crippen LogP contribution in [0.4, 0.5) is 22.0 Å². The molecule has 1 heterocycles. The van der Waals surface area contributed by atoms with E-state index in [2.05, 4.69) is 0 Å². The predicted octanol–water partition coefficient (Wildman–Crippen LogP) is 8.61. The Bertz CT molecular complexity index is 1680. The molecule has 8 heteroatoms. The number of hydrogen-bond acceptors (Lipinski definition) is 3. The Morgan fingerprint density at radius 2 is 1.29 bits per heavy atom. The summed E-state index contributed by atoms with van der Waals surface area (Å²) in [5.41, 5.74) is 3.32. The maximum atomic E-state index is 14.9. The Hall–Kier alpha value is -4.27. The van der Waals surface area contributed by atoms with Crippen LogP contribution < -0.4 is 4.74 Å². The summed E-state index contributed by atoms with van der Waals surface area (Å²) in [6.45, 7) is 0.617. The van der Waals surface area contributed by atoms with E-state index in [0.717, 1.165) is 29.3 Å². The third-order valence-corrected chi connectivity index (χ3v) is 7.10. The van der Waals surface area contributed by atoms with Crippen LogP contribution in [-0.4, -0.2) is 13.2 Å². The van der Waals surface area contributed by atoms with E-state index in [4.69, 9.17) is 14.2 Å². The van der Waals surface area contributed by atoms with Crippen LogP contribution in [0.2, 0.25) is 0 Å². The lowest BCUT2D eigenvalue weighted by Gasteiger charge is -2.30. The first kappa shape index (κ1) is 26.9. The van der Waals surface area contributed by atoms with Gasteiger partial charge in [0.2, 0.25) is 0 Å². The number of ether oxygens (including phenoxy) is 3. The molecule has 41 heavy (non-hydrogen) atoms. The van der Waals surface area contributed by atoms with Crippen LogP contribution in [0, 0.1) is 29.1 Å². The fourth-order valence-electron chi connectivity index (χ4n) is 4.90. The zero-order valence-electron chi connectivity index (χ0n) is 21.6. The molecule has 0 atom stereocenters. The normalized spacial score (nSPS) is 17.1. The van der Waals surface area contributed by atoms with Crippen molar-refractivity contribution in [2.75, 3.05) is 13.2 Å². The van der Waals surface area contributed by atoms with Crippen molar-refractivity contribution in [2.45, 2.75) is 18.8 Å². The molecule has 208 valence electrons. The first-order valence-corrected chi connectivity index (χ1v) is 12.9. The Labute approximate surface area is 232 Å². The van der Waals surface area contributed by atoms with E-state index in [0.29, 0.717) is 24.3 Å². The summed E-state index contributed by atoms with van der Waals surface area (Å²) < 4.78 is 87.9. The maximum Gasteiger partial charge on any atom is 0.195 e. The van der Waals surface area contributed by atoms with Gasteiger partial charge >= 0.3 is 0 Å². The second-order valence-corrected chi connectivity index (χ2v) is 9.83. The molecule has 0 unspecified atom stereocenters. The average molecular weight is 563 g/mol. The van der Waals surface area contributed by atoms with Gasteiger partial charge in [0.1, 0.15) is 6.61 Å². The minimum absolute atomic E-state index is 0.0225. The third-order valence-electron chi connectivity index (χ3n) is 7.10. The molecule has 1 aliphatic heterocycles. The van der Waals surface area contributed by atoms with Crippen LogP contribution in [0.5, 0.6) is 5.75 Å². The van der Waals surface area contributed by atoms with Crippen LogP contribution in [0.1, 0.15) is 28.9 Å². The zero-order chi connectivity index (χ0) is 28.5. The summed E-state index contributed by atoms with van der Waals surface area (Å²) in [6.07, 6.45) is -0.886. The first-order chi connectivity index (χ1) is 19.9. The molecular weight excluding hydrogens is 539 g/mol. The second kappa shape index (κ2) is 11.3. The molecular formula is C33H23F5O3. The van der Waals surface area contributed by atoms with Gasteiger partial charge in [0.15, 0.2) is 41.1 Å². The molecule has 0 radical (unpaired) electrons. The molecule has 5 aromatic carbocycles. The SMILES string of the molecule is Fc1cc2cc(-c3ccc(COc4c(F)cc(C5OCC(c6ccccc6)CO5)cc4F)cc3)ccc2c(F)c1F. The minimum atomic E-state index is -1.51. The lowest BCUT2D eigenvalue weighted by molar-refractivity contribution is -0.192. The fourth-order valence-corrected chi connectivity index (χ4v) is 4.90. The lowest BCUT2D eigenvalue weighted by Crippen LogP contribution is -2.25. The highest BCUT2D eigenvalue weighted by atomic mass is 19.2. The highest BCUT2D eigenvalue weighted by molar-refractivity contribution is 5.88. The minimum Gasteiger partial charge on any atom is -0.483 e. The van der Waals surface area contributed by atoms with Gasteiger partial charge in [-0.3, -0.25) is 0 Å². The Morgan fingerprint density at radius 3 is 1.98 bits per heavy atom. The smallest absolute Gasteiger partial charge is 0.195 e. The summed E-state index contributed by atoms with van der Waals surface area (Å²) in [5, 5.41) is 0.200. The standard InChI is InChI=1S/C33H23F5O3/c34-27-13-23-12-22(10-11-26(23)30(37)31(27)38)21-8-6-19(7-9-21)16-39-32-28(35)14-24(15-29(32)36)33-40-17-25(18-41-33)20-4-2-1-3-5-20/h1-15,25,33H,16-18H2. The molecule has 0 amide bonds. The van der Waals surface area contributed by atoms with Gasteiger partial charge in [0, 0.05) is 16.9 Å². The Morgan fingerprint density at radius 1 is 0.634 bits per heavy atom. The van der Waals surface area contributed by atoms with E-state index in [9.17, 15) is 22.0 Å². The molecule has 0 N–H and O–H groups in total. The van der Waals surface area contributed by atoms with E-state index in [1.165, 1.54) is 6.07 Å². The van der Waals surface area contributed by atoms with Crippen LogP contribution >= 0.6 is 0 Å². The van der Waals surface area contributed by atoms with E-state index >= 15 is 0 Å². The third kappa shape index (κ3) is 5.53.